The lowest BCUT2D eigenvalue weighted by atomic mass is 10.2. The highest BCUT2D eigenvalue weighted by Crippen LogP contribution is 2.25. The highest BCUT2D eigenvalue weighted by atomic mass is 35.5. The number of nitrogens with one attached hydrogen (secondary N) is 2. The Hall–Kier alpha value is -2.06. The SMILES string of the molecule is CCn1c(SCC(=O)NC(=O)NC2CC2)nnc1-c1cccc(Cl)c1. The van der Waals surface area contributed by atoms with Crippen molar-refractivity contribution in [3.05, 3.63) is 29.3 Å². The van der Waals surface area contributed by atoms with Crippen LogP contribution in [-0.4, -0.2) is 38.5 Å². The first-order chi connectivity index (χ1) is 12.1. The van der Waals surface area contributed by atoms with E-state index >= 15 is 0 Å². The van der Waals surface area contributed by atoms with Gasteiger partial charge in [0.2, 0.25) is 5.91 Å². The summed E-state index contributed by atoms with van der Waals surface area (Å²) in [5, 5.41) is 14.6. The van der Waals surface area contributed by atoms with Gasteiger partial charge >= 0.3 is 6.03 Å². The second kappa shape index (κ2) is 7.88. The van der Waals surface area contributed by atoms with Crippen molar-refractivity contribution in [2.24, 2.45) is 0 Å². The molecule has 3 amide bonds. The Morgan fingerprint density at radius 3 is 2.84 bits per heavy atom. The van der Waals surface area contributed by atoms with E-state index in [1.165, 1.54) is 11.8 Å². The van der Waals surface area contributed by atoms with Crippen molar-refractivity contribution >= 4 is 35.3 Å². The van der Waals surface area contributed by atoms with Crippen molar-refractivity contribution in [2.75, 3.05) is 5.75 Å². The number of nitrogens with zero attached hydrogens (tertiary/aromatic N) is 3. The van der Waals surface area contributed by atoms with Gasteiger partial charge in [-0.3, -0.25) is 10.1 Å². The first-order valence-electron chi connectivity index (χ1n) is 7.99. The van der Waals surface area contributed by atoms with Crippen LogP contribution in [0.1, 0.15) is 19.8 Å². The van der Waals surface area contributed by atoms with Crippen LogP contribution < -0.4 is 10.6 Å². The fraction of sp³-hybridized carbons (Fsp3) is 0.375. The van der Waals surface area contributed by atoms with E-state index in [2.05, 4.69) is 20.8 Å². The zero-order valence-electron chi connectivity index (χ0n) is 13.7. The minimum Gasteiger partial charge on any atom is -0.335 e. The van der Waals surface area contributed by atoms with Crippen molar-refractivity contribution < 1.29 is 9.59 Å². The molecule has 1 fully saturated rings. The molecule has 9 heteroatoms. The number of imide groups is 1. The van der Waals surface area contributed by atoms with Crippen LogP contribution in [0.25, 0.3) is 11.4 Å². The lowest BCUT2D eigenvalue weighted by Gasteiger charge is -2.08. The molecule has 0 aliphatic heterocycles. The number of rotatable bonds is 6. The van der Waals surface area contributed by atoms with Crippen molar-refractivity contribution in [2.45, 2.75) is 37.5 Å². The third kappa shape index (κ3) is 4.73. The summed E-state index contributed by atoms with van der Waals surface area (Å²) in [6.07, 6.45) is 1.95. The van der Waals surface area contributed by atoms with Crippen LogP contribution in [-0.2, 0) is 11.3 Å². The van der Waals surface area contributed by atoms with Crippen LogP contribution in [0.4, 0.5) is 4.79 Å². The van der Waals surface area contributed by atoms with E-state index in [9.17, 15) is 9.59 Å². The maximum absolute atomic E-state index is 11.9. The molecule has 2 aromatic rings. The molecule has 1 aliphatic rings. The minimum absolute atomic E-state index is 0.0891. The van der Waals surface area contributed by atoms with Crippen molar-refractivity contribution in [1.29, 1.82) is 0 Å². The van der Waals surface area contributed by atoms with Gasteiger partial charge in [0.25, 0.3) is 0 Å². The van der Waals surface area contributed by atoms with Gasteiger partial charge in [-0.15, -0.1) is 10.2 Å². The zero-order valence-corrected chi connectivity index (χ0v) is 15.2. The standard InChI is InChI=1S/C16H18ClN5O2S/c1-2-22-14(10-4-3-5-11(17)8-10)20-21-16(22)25-9-13(23)19-15(24)18-12-6-7-12/h3-5,8,12H,2,6-7,9H2,1H3,(H2,18,19,23,24). The topological polar surface area (TPSA) is 88.9 Å². The Morgan fingerprint density at radius 2 is 2.16 bits per heavy atom. The van der Waals surface area contributed by atoms with Gasteiger partial charge in [0.1, 0.15) is 0 Å². The Balaban J connectivity index is 1.62. The Kier molecular flexibility index (Phi) is 5.60. The van der Waals surface area contributed by atoms with Gasteiger partial charge in [-0.1, -0.05) is 35.5 Å². The average Bonchev–Trinajstić information content (AvgIpc) is 3.28. The summed E-state index contributed by atoms with van der Waals surface area (Å²) >= 11 is 7.28. The molecule has 2 N–H and O–H groups in total. The normalized spacial score (nSPS) is 13.5. The average molecular weight is 380 g/mol. The molecule has 0 radical (unpaired) electrons. The first-order valence-corrected chi connectivity index (χ1v) is 9.35. The minimum atomic E-state index is -0.440. The molecular formula is C16H18ClN5O2S. The number of amides is 3. The van der Waals surface area contributed by atoms with Gasteiger partial charge in [-0.25, -0.2) is 4.79 Å². The summed E-state index contributed by atoms with van der Waals surface area (Å²) in [4.78, 5) is 23.4. The summed E-state index contributed by atoms with van der Waals surface area (Å²) < 4.78 is 1.91. The molecule has 0 atom stereocenters. The smallest absolute Gasteiger partial charge is 0.321 e. The van der Waals surface area contributed by atoms with Gasteiger partial charge in [-0.2, -0.15) is 0 Å². The van der Waals surface area contributed by atoms with Crippen LogP contribution in [0.15, 0.2) is 29.4 Å². The molecule has 0 bridgehead atoms. The van der Waals surface area contributed by atoms with Crippen molar-refractivity contribution in [1.82, 2.24) is 25.4 Å². The molecule has 0 unspecified atom stereocenters. The summed E-state index contributed by atoms with van der Waals surface area (Å²) in [5.41, 5.74) is 0.863. The molecule has 1 aromatic carbocycles. The number of hydrogen-bond donors (Lipinski definition) is 2. The van der Waals surface area contributed by atoms with E-state index in [-0.39, 0.29) is 17.7 Å². The summed E-state index contributed by atoms with van der Waals surface area (Å²) in [6, 6.07) is 7.15. The summed E-state index contributed by atoms with van der Waals surface area (Å²) in [6.45, 7) is 2.63. The molecule has 0 saturated heterocycles. The molecule has 0 spiro atoms. The fourth-order valence-electron chi connectivity index (χ4n) is 2.26. The molecular weight excluding hydrogens is 362 g/mol. The maximum atomic E-state index is 11.9. The lowest BCUT2D eigenvalue weighted by molar-refractivity contribution is -0.117. The van der Waals surface area contributed by atoms with E-state index in [1.54, 1.807) is 6.07 Å². The maximum Gasteiger partial charge on any atom is 0.321 e. The van der Waals surface area contributed by atoms with Crippen LogP contribution in [0.3, 0.4) is 0 Å². The van der Waals surface area contributed by atoms with E-state index in [0.29, 0.717) is 22.5 Å². The molecule has 25 heavy (non-hydrogen) atoms. The van der Waals surface area contributed by atoms with Gasteiger partial charge in [-0.05, 0) is 31.9 Å². The zero-order chi connectivity index (χ0) is 17.8. The monoisotopic (exact) mass is 379 g/mol. The molecule has 1 heterocycles. The van der Waals surface area contributed by atoms with Crippen molar-refractivity contribution in [3.8, 4) is 11.4 Å². The number of thioether (sulfide) groups is 1. The number of carbonyl (C=O) groups is 2. The van der Waals surface area contributed by atoms with Gasteiger partial charge < -0.3 is 9.88 Å². The fourth-order valence-corrected chi connectivity index (χ4v) is 3.26. The third-order valence-electron chi connectivity index (χ3n) is 3.61. The largest absolute Gasteiger partial charge is 0.335 e. The third-order valence-corrected chi connectivity index (χ3v) is 4.82. The highest BCUT2D eigenvalue weighted by Gasteiger charge is 2.24. The number of aromatic nitrogens is 3. The van der Waals surface area contributed by atoms with E-state index < -0.39 is 6.03 Å². The Bertz CT molecular complexity index is 791. The molecule has 7 nitrogen and oxygen atoms in total. The van der Waals surface area contributed by atoms with Crippen LogP contribution in [0.5, 0.6) is 0 Å². The Labute approximate surface area is 154 Å². The molecule has 1 saturated carbocycles. The van der Waals surface area contributed by atoms with E-state index in [1.807, 2.05) is 29.7 Å². The highest BCUT2D eigenvalue weighted by molar-refractivity contribution is 7.99. The van der Waals surface area contributed by atoms with Crippen LogP contribution >= 0.6 is 23.4 Å². The van der Waals surface area contributed by atoms with Gasteiger partial charge in [0.05, 0.1) is 5.75 Å². The first kappa shape index (κ1) is 17.8. The predicted octanol–water partition coefficient (Wildman–Crippen LogP) is 2.70. The molecule has 3 rings (SSSR count). The quantitative estimate of drug-likeness (QED) is 0.753. The number of hydrogen-bond acceptors (Lipinski definition) is 5. The second-order valence-corrected chi connectivity index (χ2v) is 7.02. The van der Waals surface area contributed by atoms with E-state index in [4.69, 9.17) is 11.6 Å². The number of carbonyl (C=O) groups excluding carboxylic acids is 2. The van der Waals surface area contributed by atoms with Crippen molar-refractivity contribution in [3.63, 3.8) is 0 Å². The van der Waals surface area contributed by atoms with Crippen LogP contribution in [0, 0.1) is 0 Å². The molecule has 1 aromatic heterocycles. The Morgan fingerprint density at radius 1 is 1.36 bits per heavy atom. The van der Waals surface area contributed by atoms with Crippen LogP contribution in [0.2, 0.25) is 5.02 Å². The van der Waals surface area contributed by atoms with Gasteiger partial charge in [0, 0.05) is 23.2 Å². The summed E-state index contributed by atoms with van der Waals surface area (Å²) in [7, 11) is 0. The van der Waals surface area contributed by atoms with Gasteiger partial charge in [0.15, 0.2) is 11.0 Å². The predicted molar refractivity (Wildman–Crippen MR) is 96.6 cm³/mol. The van der Waals surface area contributed by atoms with E-state index in [0.717, 1.165) is 18.4 Å². The number of halogens is 1. The summed E-state index contributed by atoms with van der Waals surface area (Å²) in [5.74, 6) is 0.420. The molecule has 1 aliphatic carbocycles. The molecule has 132 valence electrons. The number of urea groups is 1. The second-order valence-electron chi connectivity index (χ2n) is 5.65. The number of benzene rings is 1. The lowest BCUT2D eigenvalue weighted by Crippen LogP contribution is -2.41.